The second-order valence-electron chi connectivity index (χ2n) is 3.70. The largest absolute Gasteiger partial charge is 0.362 e. The van der Waals surface area contributed by atoms with Gasteiger partial charge in [-0.25, -0.2) is 4.98 Å². The molecule has 0 aliphatic carbocycles. The van der Waals surface area contributed by atoms with Crippen LogP contribution in [0, 0.1) is 11.3 Å². The Kier molecular flexibility index (Phi) is 3.84. The summed E-state index contributed by atoms with van der Waals surface area (Å²) in [6, 6.07) is 1.95. The maximum absolute atomic E-state index is 8.50. The zero-order valence-electron chi connectivity index (χ0n) is 9.97. The number of allylic oxidation sites excluding steroid dienone is 1. The van der Waals surface area contributed by atoms with E-state index in [0.717, 1.165) is 11.4 Å². The third kappa shape index (κ3) is 2.70. The Balaban J connectivity index is 3.20. The number of nitrogens with zero attached hydrogens (tertiary/aromatic N) is 5. The van der Waals surface area contributed by atoms with Crippen LogP contribution in [0.5, 0.6) is 0 Å². The van der Waals surface area contributed by atoms with Gasteiger partial charge in [-0.05, 0) is 6.08 Å². The van der Waals surface area contributed by atoms with Gasteiger partial charge in [0.2, 0.25) is 5.95 Å². The molecule has 84 valence electrons. The molecule has 0 fully saturated rings. The molecule has 5 heteroatoms. The van der Waals surface area contributed by atoms with Crippen molar-refractivity contribution in [1.82, 2.24) is 9.97 Å². The summed E-state index contributed by atoms with van der Waals surface area (Å²) >= 11 is 0. The average Bonchev–Trinajstić information content (AvgIpc) is 2.25. The Bertz CT molecular complexity index is 428. The first kappa shape index (κ1) is 12.0. The van der Waals surface area contributed by atoms with Crippen molar-refractivity contribution in [1.29, 1.82) is 5.26 Å². The summed E-state index contributed by atoms with van der Waals surface area (Å²) in [6.45, 7) is 0. The van der Waals surface area contributed by atoms with Crippen molar-refractivity contribution in [3.05, 3.63) is 17.8 Å². The van der Waals surface area contributed by atoms with Gasteiger partial charge in [0.05, 0.1) is 6.07 Å². The van der Waals surface area contributed by atoms with Crippen molar-refractivity contribution in [2.24, 2.45) is 0 Å². The van der Waals surface area contributed by atoms with Crippen LogP contribution >= 0.6 is 0 Å². The smallest absolute Gasteiger partial charge is 0.226 e. The van der Waals surface area contributed by atoms with Gasteiger partial charge in [-0.15, -0.1) is 0 Å². The van der Waals surface area contributed by atoms with Gasteiger partial charge in [-0.1, -0.05) is 0 Å². The van der Waals surface area contributed by atoms with Crippen LogP contribution in [0.25, 0.3) is 6.08 Å². The summed E-state index contributed by atoms with van der Waals surface area (Å²) in [6.07, 6.45) is 4.83. The third-order valence-corrected chi connectivity index (χ3v) is 1.94. The van der Waals surface area contributed by atoms with E-state index in [-0.39, 0.29) is 0 Å². The van der Waals surface area contributed by atoms with Gasteiger partial charge in [-0.2, -0.15) is 10.2 Å². The van der Waals surface area contributed by atoms with Gasteiger partial charge in [0.15, 0.2) is 0 Å². The van der Waals surface area contributed by atoms with Gasteiger partial charge in [0.25, 0.3) is 0 Å². The second-order valence-corrected chi connectivity index (χ2v) is 3.70. The fraction of sp³-hybridized carbons (Fsp3) is 0.364. The molecule has 0 atom stereocenters. The molecule has 16 heavy (non-hydrogen) atoms. The molecule has 0 saturated carbocycles. The minimum Gasteiger partial charge on any atom is -0.362 e. The highest BCUT2D eigenvalue weighted by molar-refractivity contribution is 5.65. The molecule has 0 saturated heterocycles. The predicted octanol–water partition coefficient (Wildman–Crippen LogP) is 1.15. The van der Waals surface area contributed by atoms with Crippen LogP contribution in [0.3, 0.4) is 0 Å². The zero-order valence-corrected chi connectivity index (χ0v) is 9.97. The molecule has 0 aromatic carbocycles. The molecule has 0 aliphatic heterocycles. The van der Waals surface area contributed by atoms with Crippen LogP contribution in [0.1, 0.15) is 5.56 Å². The quantitative estimate of drug-likeness (QED) is 0.711. The van der Waals surface area contributed by atoms with Gasteiger partial charge in [0.1, 0.15) is 5.82 Å². The zero-order chi connectivity index (χ0) is 12.1. The lowest BCUT2D eigenvalue weighted by atomic mass is 10.2. The summed E-state index contributed by atoms with van der Waals surface area (Å²) in [7, 11) is 7.59. The monoisotopic (exact) mass is 217 g/mol. The minimum atomic E-state index is 0.651. The van der Waals surface area contributed by atoms with E-state index in [9.17, 15) is 0 Å². The SMILES string of the molecule is CN(C)c1ncc(/C=C/C#N)c(N(C)C)n1. The molecule has 5 nitrogen and oxygen atoms in total. The van der Waals surface area contributed by atoms with Crippen LogP contribution in [-0.4, -0.2) is 38.2 Å². The number of anilines is 2. The molecule has 0 radical (unpaired) electrons. The molecule has 1 rings (SSSR count). The maximum atomic E-state index is 8.50. The number of rotatable bonds is 3. The highest BCUT2D eigenvalue weighted by atomic mass is 15.3. The normalized spacial score (nSPS) is 10.2. The highest BCUT2D eigenvalue weighted by Gasteiger charge is 2.07. The molecule has 0 unspecified atom stereocenters. The third-order valence-electron chi connectivity index (χ3n) is 1.94. The van der Waals surface area contributed by atoms with E-state index in [1.807, 2.05) is 44.1 Å². The summed E-state index contributed by atoms with van der Waals surface area (Å²) in [5, 5.41) is 8.50. The first-order valence-corrected chi connectivity index (χ1v) is 4.84. The second kappa shape index (κ2) is 5.12. The fourth-order valence-electron chi connectivity index (χ4n) is 1.19. The summed E-state index contributed by atoms with van der Waals surface area (Å²) in [4.78, 5) is 12.3. The van der Waals surface area contributed by atoms with E-state index < -0.39 is 0 Å². The maximum Gasteiger partial charge on any atom is 0.226 e. The first-order chi connectivity index (χ1) is 7.56. The molecule has 0 aliphatic rings. The number of hydrogen-bond donors (Lipinski definition) is 0. The molecule has 0 N–H and O–H groups in total. The number of aromatic nitrogens is 2. The predicted molar refractivity (Wildman–Crippen MR) is 65.3 cm³/mol. The summed E-state index contributed by atoms with van der Waals surface area (Å²) in [5.41, 5.74) is 0.831. The molecule has 0 spiro atoms. The standard InChI is InChI=1S/C11H15N5/c1-15(2)10-9(6-5-7-12)8-13-11(14-10)16(3)4/h5-6,8H,1-4H3/b6-5+. The molecule has 1 heterocycles. The van der Waals surface area contributed by atoms with E-state index in [1.54, 1.807) is 12.3 Å². The minimum absolute atomic E-state index is 0.651. The van der Waals surface area contributed by atoms with E-state index in [4.69, 9.17) is 5.26 Å². The van der Waals surface area contributed by atoms with Crippen molar-refractivity contribution in [3.63, 3.8) is 0 Å². The van der Waals surface area contributed by atoms with Gasteiger partial charge in [0, 0.05) is 46.0 Å². The van der Waals surface area contributed by atoms with Gasteiger partial charge >= 0.3 is 0 Å². The Morgan fingerprint density at radius 1 is 1.25 bits per heavy atom. The van der Waals surface area contributed by atoms with Crippen LogP contribution in [0.2, 0.25) is 0 Å². The Labute approximate surface area is 95.6 Å². The Morgan fingerprint density at radius 2 is 1.94 bits per heavy atom. The molecular formula is C11H15N5. The van der Waals surface area contributed by atoms with Crippen molar-refractivity contribution in [2.45, 2.75) is 0 Å². The Morgan fingerprint density at radius 3 is 2.44 bits per heavy atom. The van der Waals surface area contributed by atoms with E-state index in [1.165, 1.54) is 6.08 Å². The number of nitriles is 1. The Hall–Kier alpha value is -2.09. The van der Waals surface area contributed by atoms with Crippen molar-refractivity contribution >= 4 is 17.8 Å². The molecule has 1 aromatic heterocycles. The van der Waals surface area contributed by atoms with Crippen LogP contribution in [0.4, 0.5) is 11.8 Å². The van der Waals surface area contributed by atoms with Gasteiger partial charge in [-0.3, -0.25) is 0 Å². The average molecular weight is 217 g/mol. The molecule has 0 bridgehead atoms. The fourth-order valence-corrected chi connectivity index (χ4v) is 1.19. The summed E-state index contributed by atoms with van der Waals surface area (Å²) < 4.78 is 0. The highest BCUT2D eigenvalue weighted by Crippen LogP contribution is 2.18. The number of hydrogen-bond acceptors (Lipinski definition) is 5. The van der Waals surface area contributed by atoms with Crippen LogP contribution in [0.15, 0.2) is 12.3 Å². The lowest BCUT2D eigenvalue weighted by Gasteiger charge is -2.17. The van der Waals surface area contributed by atoms with E-state index in [0.29, 0.717) is 5.95 Å². The van der Waals surface area contributed by atoms with Crippen LogP contribution in [-0.2, 0) is 0 Å². The van der Waals surface area contributed by atoms with Crippen molar-refractivity contribution in [2.75, 3.05) is 38.0 Å². The molecule has 1 aromatic rings. The summed E-state index contributed by atoms with van der Waals surface area (Å²) in [5.74, 6) is 1.45. The topological polar surface area (TPSA) is 56.1 Å². The first-order valence-electron chi connectivity index (χ1n) is 4.84. The van der Waals surface area contributed by atoms with Crippen molar-refractivity contribution in [3.8, 4) is 6.07 Å². The molecule has 0 amide bonds. The lowest BCUT2D eigenvalue weighted by molar-refractivity contribution is 0.965. The molecular weight excluding hydrogens is 202 g/mol. The lowest BCUT2D eigenvalue weighted by Crippen LogP contribution is -2.17. The van der Waals surface area contributed by atoms with E-state index in [2.05, 4.69) is 9.97 Å². The van der Waals surface area contributed by atoms with Crippen LogP contribution < -0.4 is 9.80 Å². The van der Waals surface area contributed by atoms with E-state index >= 15 is 0 Å². The van der Waals surface area contributed by atoms with Crippen molar-refractivity contribution < 1.29 is 0 Å². The van der Waals surface area contributed by atoms with Gasteiger partial charge < -0.3 is 9.80 Å².